The van der Waals surface area contributed by atoms with E-state index in [-0.39, 0.29) is 11.8 Å². The molecule has 1 aromatic carbocycles. The molecule has 2 aliphatic rings. The van der Waals surface area contributed by atoms with Gasteiger partial charge >= 0.3 is 6.03 Å². The van der Waals surface area contributed by atoms with Crippen molar-refractivity contribution in [2.24, 2.45) is 5.92 Å². The lowest BCUT2D eigenvalue weighted by molar-refractivity contribution is 0.0840. The highest BCUT2D eigenvalue weighted by Gasteiger charge is 2.25. The number of halogens is 1. The van der Waals surface area contributed by atoms with Crippen molar-refractivity contribution >= 4 is 11.7 Å². The van der Waals surface area contributed by atoms with Gasteiger partial charge in [0.15, 0.2) is 0 Å². The van der Waals surface area contributed by atoms with Gasteiger partial charge in [0.1, 0.15) is 5.82 Å². The Morgan fingerprint density at radius 1 is 1.22 bits per heavy atom. The van der Waals surface area contributed by atoms with Crippen LogP contribution in [0.3, 0.4) is 0 Å². The third kappa shape index (κ3) is 4.13. The number of urea groups is 1. The Kier molecular flexibility index (Phi) is 5.00. The standard InChI is InChI=1S/C17H24FN3O2/c18-14-3-5-15(6-4-14)20-9-7-13(11-20)10-19-17(23)21-8-1-2-16(22)12-21/h3-6,13,16,22H,1-2,7-12H2,(H,19,23). The molecule has 23 heavy (non-hydrogen) atoms. The minimum Gasteiger partial charge on any atom is -0.391 e. The number of nitrogens with zero attached hydrogens (tertiary/aromatic N) is 2. The monoisotopic (exact) mass is 321 g/mol. The molecule has 2 saturated heterocycles. The summed E-state index contributed by atoms with van der Waals surface area (Å²) in [4.78, 5) is 16.1. The van der Waals surface area contributed by atoms with Crippen LogP contribution in [-0.4, -0.2) is 54.9 Å². The van der Waals surface area contributed by atoms with E-state index >= 15 is 0 Å². The fourth-order valence-electron chi connectivity index (χ4n) is 3.37. The molecule has 2 atom stereocenters. The largest absolute Gasteiger partial charge is 0.391 e. The highest BCUT2D eigenvalue weighted by Crippen LogP contribution is 2.23. The van der Waals surface area contributed by atoms with E-state index in [1.54, 1.807) is 17.0 Å². The molecule has 3 rings (SSSR count). The van der Waals surface area contributed by atoms with E-state index in [0.717, 1.165) is 44.6 Å². The van der Waals surface area contributed by atoms with Gasteiger partial charge in [-0.3, -0.25) is 0 Å². The zero-order valence-corrected chi connectivity index (χ0v) is 13.2. The van der Waals surface area contributed by atoms with Crippen molar-refractivity contribution in [3.05, 3.63) is 30.1 Å². The van der Waals surface area contributed by atoms with Gasteiger partial charge in [0.05, 0.1) is 6.10 Å². The Balaban J connectivity index is 1.45. The van der Waals surface area contributed by atoms with Gasteiger partial charge in [-0.25, -0.2) is 9.18 Å². The summed E-state index contributed by atoms with van der Waals surface area (Å²) in [5.41, 5.74) is 1.03. The van der Waals surface area contributed by atoms with Gasteiger partial charge in [-0.15, -0.1) is 0 Å². The summed E-state index contributed by atoms with van der Waals surface area (Å²) in [6.07, 6.45) is 2.25. The summed E-state index contributed by atoms with van der Waals surface area (Å²) in [6, 6.07) is 6.47. The molecule has 6 heteroatoms. The van der Waals surface area contributed by atoms with Crippen molar-refractivity contribution in [2.45, 2.75) is 25.4 Å². The van der Waals surface area contributed by atoms with Gasteiger partial charge in [-0.2, -0.15) is 0 Å². The van der Waals surface area contributed by atoms with Crippen molar-refractivity contribution < 1.29 is 14.3 Å². The Morgan fingerprint density at radius 2 is 2.00 bits per heavy atom. The molecule has 2 N–H and O–H groups in total. The maximum atomic E-state index is 13.0. The number of aliphatic hydroxyl groups is 1. The molecule has 2 fully saturated rings. The normalized spacial score (nSPS) is 24.8. The number of benzene rings is 1. The topological polar surface area (TPSA) is 55.8 Å². The van der Waals surface area contributed by atoms with E-state index < -0.39 is 6.10 Å². The van der Waals surface area contributed by atoms with Gasteiger partial charge < -0.3 is 20.2 Å². The van der Waals surface area contributed by atoms with Crippen molar-refractivity contribution in [1.29, 1.82) is 0 Å². The van der Waals surface area contributed by atoms with Crippen LogP contribution in [0.15, 0.2) is 24.3 Å². The van der Waals surface area contributed by atoms with Crippen LogP contribution in [0, 0.1) is 11.7 Å². The molecule has 0 radical (unpaired) electrons. The van der Waals surface area contributed by atoms with E-state index in [1.165, 1.54) is 12.1 Å². The maximum absolute atomic E-state index is 13.0. The van der Waals surface area contributed by atoms with E-state index in [9.17, 15) is 14.3 Å². The number of piperidine rings is 1. The van der Waals surface area contributed by atoms with Gasteiger partial charge in [-0.1, -0.05) is 0 Å². The fourth-order valence-corrected chi connectivity index (χ4v) is 3.37. The van der Waals surface area contributed by atoms with Crippen LogP contribution in [0.1, 0.15) is 19.3 Å². The Bertz CT molecular complexity index is 537. The summed E-state index contributed by atoms with van der Waals surface area (Å²) < 4.78 is 13.0. The molecule has 2 amide bonds. The molecule has 0 bridgehead atoms. The summed E-state index contributed by atoms with van der Waals surface area (Å²) in [7, 11) is 0. The van der Waals surface area contributed by atoms with Crippen molar-refractivity contribution in [3.8, 4) is 0 Å². The third-order valence-corrected chi connectivity index (χ3v) is 4.70. The second kappa shape index (κ2) is 7.17. The number of β-amino-alcohol motifs (C(OH)–C–C–N with tert-alkyl or cyclic N) is 1. The molecule has 0 spiro atoms. The molecule has 2 aliphatic heterocycles. The average Bonchev–Trinajstić information content (AvgIpc) is 3.02. The second-order valence-electron chi connectivity index (χ2n) is 6.51. The Hall–Kier alpha value is -1.82. The first-order valence-corrected chi connectivity index (χ1v) is 8.33. The number of aliphatic hydroxyl groups excluding tert-OH is 1. The fraction of sp³-hybridized carbons (Fsp3) is 0.588. The lowest BCUT2D eigenvalue weighted by Crippen LogP contribution is -2.48. The van der Waals surface area contributed by atoms with Crippen LogP contribution in [0.4, 0.5) is 14.9 Å². The molecule has 0 saturated carbocycles. The van der Waals surface area contributed by atoms with Crippen LogP contribution in [-0.2, 0) is 0 Å². The number of carbonyl (C=O) groups excluding carboxylic acids is 1. The Labute approximate surface area is 136 Å². The van der Waals surface area contributed by atoms with Crippen LogP contribution in [0.5, 0.6) is 0 Å². The minimum atomic E-state index is -0.394. The smallest absolute Gasteiger partial charge is 0.317 e. The van der Waals surface area contributed by atoms with E-state index in [4.69, 9.17) is 0 Å². The first kappa shape index (κ1) is 16.1. The number of carbonyl (C=O) groups is 1. The molecule has 2 unspecified atom stereocenters. The maximum Gasteiger partial charge on any atom is 0.317 e. The number of hydrogen-bond donors (Lipinski definition) is 2. The van der Waals surface area contributed by atoms with Crippen LogP contribution >= 0.6 is 0 Å². The predicted molar refractivity (Wildman–Crippen MR) is 86.9 cm³/mol. The molecule has 2 heterocycles. The van der Waals surface area contributed by atoms with Gasteiger partial charge in [0, 0.05) is 38.4 Å². The Morgan fingerprint density at radius 3 is 2.74 bits per heavy atom. The van der Waals surface area contributed by atoms with Crippen molar-refractivity contribution in [3.63, 3.8) is 0 Å². The third-order valence-electron chi connectivity index (χ3n) is 4.70. The number of hydrogen-bond acceptors (Lipinski definition) is 3. The zero-order chi connectivity index (χ0) is 16.2. The zero-order valence-electron chi connectivity index (χ0n) is 13.2. The summed E-state index contributed by atoms with van der Waals surface area (Å²) in [6.45, 7) is 3.58. The average molecular weight is 321 g/mol. The molecule has 5 nitrogen and oxygen atoms in total. The summed E-state index contributed by atoms with van der Waals surface area (Å²) in [5.74, 6) is 0.180. The van der Waals surface area contributed by atoms with E-state index in [2.05, 4.69) is 10.2 Å². The van der Waals surface area contributed by atoms with Crippen LogP contribution in [0.2, 0.25) is 0 Å². The predicted octanol–water partition coefficient (Wildman–Crippen LogP) is 1.82. The van der Waals surface area contributed by atoms with Gasteiger partial charge in [-0.05, 0) is 49.4 Å². The van der Waals surface area contributed by atoms with Crippen LogP contribution in [0.25, 0.3) is 0 Å². The number of rotatable bonds is 3. The second-order valence-corrected chi connectivity index (χ2v) is 6.51. The molecule has 0 aliphatic carbocycles. The van der Waals surface area contributed by atoms with E-state index in [1.807, 2.05) is 0 Å². The lowest BCUT2D eigenvalue weighted by atomic mass is 10.1. The lowest BCUT2D eigenvalue weighted by Gasteiger charge is -2.30. The molecular formula is C17H24FN3O2. The molecule has 1 aromatic rings. The molecule has 0 aromatic heterocycles. The van der Waals surface area contributed by atoms with Crippen molar-refractivity contribution in [1.82, 2.24) is 10.2 Å². The number of likely N-dealkylation sites (tertiary alicyclic amines) is 1. The van der Waals surface area contributed by atoms with E-state index in [0.29, 0.717) is 19.0 Å². The number of nitrogens with one attached hydrogen (secondary N) is 1. The SMILES string of the molecule is O=C(NCC1CCN(c2ccc(F)cc2)C1)N1CCCC(O)C1. The van der Waals surface area contributed by atoms with Gasteiger partial charge in [0.2, 0.25) is 0 Å². The van der Waals surface area contributed by atoms with Crippen LogP contribution < -0.4 is 10.2 Å². The molecular weight excluding hydrogens is 297 g/mol. The molecule has 126 valence electrons. The minimum absolute atomic E-state index is 0.0796. The number of anilines is 1. The summed E-state index contributed by atoms with van der Waals surface area (Å²) >= 11 is 0. The first-order chi connectivity index (χ1) is 11.1. The van der Waals surface area contributed by atoms with Gasteiger partial charge in [0.25, 0.3) is 0 Å². The highest BCUT2D eigenvalue weighted by molar-refractivity contribution is 5.74. The van der Waals surface area contributed by atoms with Crippen molar-refractivity contribution in [2.75, 3.05) is 37.6 Å². The number of amides is 2. The first-order valence-electron chi connectivity index (χ1n) is 8.33. The summed E-state index contributed by atoms with van der Waals surface area (Å²) in [5, 5.41) is 12.6. The quantitative estimate of drug-likeness (QED) is 0.893. The highest BCUT2D eigenvalue weighted by atomic mass is 19.1.